The number of piperidine rings is 1. The number of likely N-dealkylation sites (tertiary alicyclic amines) is 1. The topological polar surface area (TPSA) is 64.1 Å². The Morgan fingerprint density at radius 3 is 2.46 bits per heavy atom. The van der Waals surface area contributed by atoms with E-state index in [0.717, 1.165) is 31.6 Å². The molecule has 0 spiro atoms. The molecule has 2 aliphatic rings. The molecular formula is C20H29N3O3. The first-order valence-electron chi connectivity index (χ1n) is 9.70. The predicted molar refractivity (Wildman–Crippen MR) is 100 cm³/mol. The van der Waals surface area contributed by atoms with E-state index in [9.17, 15) is 14.7 Å². The number of amides is 2. The molecule has 0 radical (unpaired) electrons. The quantitative estimate of drug-likeness (QED) is 0.878. The molecule has 1 aromatic carbocycles. The molecule has 1 atom stereocenters. The van der Waals surface area contributed by atoms with Crippen LogP contribution in [0, 0.1) is 0 Å². The molecule has 2 aliphatic heterocycles. The van der Waals surface area contributed by atoms with Gasteiger partial charge in [0.1, 0.15) is 0 Å². The number of hydrogen-bond donors (Lipinski definition) is 1. The average Bonchev–Trinajstić information content (AvgIpc) is 2.83. The first-order valence-corrected chi connectivity index (χ1v) is 9.70. The lowest BCUT2D eigenvalue weighted by atomic mass is 10.1. The van der Waals surface area contributed by atoms with Gasteiger partial charge in [0.15, 0.2) is 0 Å². The molecule has 3 rings (SSSR count). The van der Waals surface area contributed by atoms with Gasteiger partial charge in [-0.2, -0.15) is 0 Å². The monoisotopic (exact) mass is 359 g/mol. The van der Waals surface area contributed by atoms with Crippen LogP contribution in [0.1, 0.15) is 43.7 Å². The number of rotatable bonds is 5. The Labute approximate surface area is 155 Å². The Kier molecular flexibility index (Phi) is 6.50. The van der Waals surface area contributed by atoms with Crippen molar-refractivity contribution >= 4 is 12.0 Å². The fourth-order valence-electron chi connectivity index (χ4n) is 4.01. The Hall–Kier alpha value is -2.08. The van der Waals surface area contributed by atoms with Gasteiger partial charge < -0.3 is 14.9 Å². The van der Waals surface area contributed by atoms with Crippen molar-refractivity contribution in [1.29, 1.82) is 0 Å². The zero-order chi connectivity index (χ0) is 18.4. The molecule has 2 heterocycles. The standard InChI is InChI=1S/C20H29N3O3/c24-19-10-15-23(20(25)26)18(17-8-3-1-4-9-17)16-22(19)14-7-13-21-11-5-2-6-12-21/h1,3-4,8-9,18H,2,5-7,10-16H2,(H,25,26). The second kappa shape index (κ2) is 9.03. The molecule has 0 aromatic heterocycles. The van der Waals surface area contributed by atoms with E-state index in [1.807, 2.05) is 35.2 Å². The summed E-state index contributed by atoms with van der Waals surface area (Å²) in [6.45, 7) is 4.74. The van der Waals surface area contributed by atoms with Crippen molar-refractivity contribution in [2.75, 3.05) is 39.3 Å². The second-order valence-corrected chi connectivity index (χ2v) is 7.25. The number of nitrogens with zero attached hydrogens (tertiary/aromatic N) is 3. The second-order valence-electron chi connectivity index (χ2n) is 7.25. The molecule has 142 valence electrons. The Bertz CT molecular complexity index is 602. The van der Waals surface area contributed by atoms with Crippen LogP contribution in [0.5, 0.6) is 0 Å². The molecule has 1 aromatic rings. The molecular weight excluding hydrogens is 330 g/mol. The third-order valence-electron chi connectivity index (χ3n) is 5.47. The lowest BCUT2D eigenvalue weighted by Crippen LogP contribution is -2.39. The van der Waals surface area contributed by atoms with Gasteiger partial charge in [-0.3, -0.25) is 9.69 Å². The summed E-state index contributed by atoms with van der Waals surface area (Å²) in [5, 5.41) is 9.60. The fourth-order valence-corrected chi connectivity index (χ4v) is 4.01. The smallest absolute Gasteiger partial charge is 0.407 e. The highest BCUT2D eigenvalue weighted by atomic mass is 16.4. The maximum Gasteiger partial charge on any atom is 0.407 e. The molecule has 0 saturated carbocycles. The summed E-state index contributed by atoms with van der Waals surface area (Å²) in [4.78, 5) is 30.0. The average molecular weight is 359 g/mol. The first-order chi connectivity index (χ1) is 12.6. The Morgan fingerprint density at radius 2 is 1.77 bits per heavy atom. The first kappa shape index (κ1) is 18.7. The van der Waals surface area contributed by atoms with E-state index >= 15 is 0 Å². The minimum absolute atomic E-state index is 0.0633. The van der Waals surface area contributed by atoms with Gasteiger partial charge in [-0.25, -0.2) is 4.79 Å². The minimum Gasteiger partial charge on any atom is -0.465 e. The molecule has 6 heteroatoms. The van der Waals surface area contributed by atoms with Crippen LogP contribution in [0.25, 0.3) is 0 Å². The molecule has 0 bridgehead atoms. The van der Waals surface area contributed by atoms with Crippen molar-refractivity contribution < 1.29 is 14.7 Å². The molecule has 0 aliphatic carbocycles. The molecule has 2 amide bonds. The maximum atomic E-state index is 12.5. The Balaban J connectivity index is 1.65. The molecule has 1 N–H and O–H groups in total. The van der Waals surface area contributed by atoms with Crippen molar-refractivity contribution in [2.24, 2.45) is 0 Å². The third-order valence-corrected chi connectivity index (χ3v) is 5.47. The summed E-state index contributed by atoms with van der Waals surface area (Å²) in [7, 11) is 0. The molecule has 26 heavy (non-hydrogen) atoms. The van der Waals surface area contributed by atoms with E-state index in [1.165, 1.54) is 24.2 Å². The van der Waals surface area contributed by atoms with Gasteiger partial charge in [-0.1, -0.05) is 36.8 Å². The summed E-state index contributed by atoms with van der Waals surface area (Å²) < 4.78 is 0. The summed E-state index contributed by atoms with van der Waals surface area (Å²) in [6.07, 6.45) is 4.12. The van der Waals surface area contributed by atoms with Crippen LogP contribution in [0.15, 0.2) is 30.3 Å². The van der Waals surface area contributed by atoms with Crippen molar-refractivity contribution in [2.45, 2.75) is 38.1 Å². The zero-order valence-electron chi connectivity index (χ0n) is 15.3. The van der Waals surface area contributed by atoms with Crippen molar-refractivity contribution in [3.05, 3.63) is 35.9 Å². The zero-order valence-corrected chi connectivity index (χ0v) is 15.3. The Morgan fingerprint density at radius 1 is 1.04 bits per heavy atom. The highest BCUT2D eigenvalue weighted by molar-refractivity contribution is 5.78. The van der Waals surface area contributed by atoms with Crippen LogP contribution in [0.3, 0.4) is 0 Å². The van der Waals surface area contributed by atoms with Gasteiger partial charge in [0.2, 0.25) is 5.91 Å². The van der Waals surface area contributed by atoms with E-state index in [2.05, 4.69) is 4.90 Å². The van der Waals surface area contributed by atoms with E-state index in [1.54, 1.807) is 0 Å². The summed E-state index contributed by atoms with van der Waals surface area (Å²) in [5.74, 6) is 0.0633. The van der Waals surface area contributed by atoms with Crippen molar-refractivity contribution in [3.8, 4) is 0 Å². The number of carbonyl (C=O) groups is 2. The van der Waals surface area contributed by atoms with Crippen molar-refractivity contribution in [3.63, 3.8) is 0 Å². The van der Waals surface area contributed by atoms with Crippen LogP contribution in [-0.2, 0) is 4.79 Å². The van der Waals surface area contributed by atoms with Gasteiger partial charge in [0, 0.05) is 26.1 Å². The van der Waals surface area contributed by atoms with Gasteiger partial charge >= 0.3 is 6.09 Å². The van der Waals surface area contributed by atoms with Crippen LogP contribution in [0.2, 0.25) is 0 Å². The highest BCUT2D eigenvalue weighted by Crippen LogP contribution is 2.25. The van der Waals surface area contributed by atoms with Crippen LogP contribution in [0.4, 0.5) is 4.79 Å². The molecule has 6 nitrogen and oxygen atoms in total. The lowest BCUT2D eigenvalue weighted by Gasteiger charge is -2.31. The van der Waals surface area contributed by atoms with Crippen LogP contribution >= 0.6 is 0 Å². The highest BCUT2D eigenvalue weighted by Gasteiger charge is 2.32. The molecule has 1 unspecified atom stereocenters. The number of carboxylic acid groups (broad SMARTS) is 1. The third kappa shape index (κ3) is 4.75. The number of carbonyl (C=O) groups excluding carboxylic acids is 1. The summed E-state index contributed by atoms with van der Waals surface area (Å²) in [6, 6.07) is 9.36. The number of hydrogen-bond acceptors (Lipinski definition) is 3. The minimum atomic E-state index is -0.957. The van der Waals surface area contributed by atoms with E-state index in [4.69, 9.17) is 0 Å². The van der Waals surface area contributed by atoms with Crippen LogP contribution in [-0.4, -0.2) is 71.1 Å². The predicted octanol–water partition coefficient (Wildman–Crippen LogP) is 2.82. The fraction of sp³-hybridized carbons (Fsp3) is 0.600. The summed E-state index contributed by atoms with van der Waals surface area (Å²) in [5.41, 5.74) is 0.950. The number of benzene rings is 1. The van der Waals surface area contributed by atoms with Gasteiger partial charge in [0.05, 0.1) is 6.04 Å². The van der Waals surface area contributed by atoms with E-state index < -0.39 is 6.09 Å². The van der Waals surface area contributed by atoms with E-state index in [0.29, 0.717) is 13.1 Å². The SMILES string of the molecule is O=C1CCN(C(=O)O)C(c2ccccc2)CN1CCCN1CCCCC1. The van der Waals surface area contributed by atoms with Gasteiger partial charge in [0.25, 0.3) is 0 Å². The normalized spacial score (nSPS) is 22.3. The molecule has 2 saturated heterocycles. The summed E-state index contributed by atoms with van der Waals surface area (Å²) >= 11 is 0. The van der Waals surface area contributed by atoms with E-state index in [-0.39, 0.29) is 24.9 Å². The molecule has 2 fully saturated rings. The van der Waals surface area contributed by atoms with Gasteiger partial charge in [-0.05, 0) is 44.5 Å². The van der Waals surface area contributed by atoms with Crippen molar-refractivity contribution in [1.82, 2.24) is 14.7 Å². The maximum absolute atomic E-state index is 12.5. The van der Waals surface area contributed by atoms with Crippen LogP contribution < -0.4 is 0 Å². The van der Waals surface area contributed by atoms with Gasteiger partial charge in [-0.15, -0.1) is 0 Å². The lowest BCUT2D eigenvalue weighted by molar-refractivity contribution is -0.130. The largest absolute Gasteiger partial charge is 0.465 e.